The Bertz CT molecular complexity index is 610. The molecular formula is C14H14O4P-. The number of phosphoric ester groups is 1. The molecule has 2 aromatic carbocycles. The van der Waals surface area contributed by atoms with Crippen LogP contribution < -0.4 is 13.9 Å². The third-order valence-electron chi connectivity index (χ3n) is 2.73. The molecule has 0 aromatic heterocycles. The molecule has 1 atom stereocenters. The number of rotatable bonds is 4. The lowest BCUT2D eigenvalue weighted by atomic mass is 10.1. The smallest absolute Gasteiger partial charge is 0.372 e. The van der Waals surface area contributed by atoms with Crippen molar-refractivity contribution in [3.63, 3.8) is 0 Å². The molecule has 19 heavy (non-hydrogen) atoms. The Labute approximate surface area is 112 Å². The summed E-state index contributed by atoms with van der Waals surface area (Å²) in [6, 6.07) is 13.5. The van der Waals surface area contributed by atoms with Crippen molar-refractivity contribution in [1.29, 1.82) is 0 Å². The van der Waals surface area contributed by atoms with Crippen molar-refractivity contribution in [2.24, 2.45) is 0 Å². The molecule has 0 N–H and O–H groups in total. The van der Waals surface area contributed by atoms with Crippen LogP contribution in [-0.4, -0.2) is 0 Å². The van der Waals surface area contributed by atoms with E-state index in [9.17, 15) is 9.46 Å². The maximum atomic E-state index is 11.8. The molecule has 0 heterocycles. The van der Waals surface area contributed by atoms with E-state index in [1.54, 1.807) is 49.4 Å². The van der Waals surface area contributed by atoms with Crippen LogP contribution >= 0.6 is 7.82 Å². The van der Waals surface area contributed by atoms with Gasteiger partial charge in [0.2, 0.25) is 0 Å². The minimum atomic E-state index is -4.43. The number of aryl methyl sites for hydroxylation is 1. The van der Waals surface area contributed by atoms with Gasteiger partial charge in [0.1, 0.15) is 11.5 Å². The summed E-state index contributed by atoms with van der Waals surface area (Å²) in [7, 11) is -4.43. The molecule has 2 aromatic rings. The summed E-state index contributed by atoms with van der Waals surface area (Å²) < 4.78 is 21.7. The van der Waals surface area contributed by atoms with E-state index in [0.717, 1.165) is 11.1 Å². The van der Waals surface area contributed by atoms with Gasteiger partial charge in [0, 0.05) is 0 Å². The Kier molecular flexibility index (Phi) is 3.93. The second-order valence-electron chi connectivity index (χ2n) is 4.14. The monoisotopic (exact) mass is 277 g/mol. The summed E-state index contributed by atoms with van der Waals surface area (Å²) in [5.41, 5.74) is 1.73. The summed E-state index contributed by atoms with van der Waals surface area (Å²) >= 11 is 0. The molecule has 0 aliphatic carbocycles. The van der Waals surface area contributed by atoms with Gasteiger partial charge in [-0.05, 0) is 43.2 Å². The van der Waals surface area contributed by atoms with Crippen molar-refractivity contribution >= 4 is 7.82 Å². The molecule has 0 saturated heterocycles. The van der Waals surface area contributed by atoms with Crippen molar-refractivity contribution in [2.75, 3.05) is 0 Å². The zero-order chi connectivity index (χ0) is 13.9. The number of hydrogen-bond donors (Lipinski definition) is 0. The van der Waals surface area contributed by atoms with Gasteiger partial charge in [-0.2, -0.15) is 0 Å². The van der Waals surface area contributed by atoms with Crippen LogP contribution in [0, 0.1) is 13.8 Å². The van der Waals surface area contributed by atoms with E-state index in [1.165, 1.54) is 0 Å². The number of hydrogen-bond acceptors (Lipinski definition) is 4. The van der Waals surface area contributed by atoms with Crippen molar-refractivity contribution in [2.45, 2.75) is 13.8 Å². The molecule has 4 nitrogen and oxygen atoms in total. The van der Waals surface area contributed by atoms with Crippen LogP contribution in [0.2, 0.25) is 0 Å². The van der Waals surface area contributed by atoms with Gasteiger partial charge in [-0.15, -0.1) is 0 Å². The molecule has 0 spiro atoms. The minimum absolute atomic E-state index is 0.228. The largest absolute Gasteiger partial charge is 0.736 e. The van der Waals surface area contributed by atoms with Crippen LogP contribution in [0.1, 0.15) is 11.1 Å². The standard InChI is InChI=1S/C14H15O4P/c1-11-7-6-10-14(12(11)2)18-19(15,16)17-13-8-4-3-5-9-13/h3-10H,1-2H3,(H,15,16)/p-1. The van der Waals surface area contributed by atoms with Crippen LogP contribution in [0.15, 0.2) is 48.5 Å². The molecule has 100 valence electrons. The molecule has 5 heteroatoms. The SMILES string of the molecule is Cc1cccc(OP(=O)([O-])Oc2ccccc2)c1C. The van der Waals surface area contributed by atoms with Gasteiger partial charge in [-0.3, -0.25) is 0 Å². The first-order valence-electron chi connectivity index (χ1n) is 5.79. The van der Waals surface area contributed by atoms with Crippen LogP contribution in [0.4, 0.5) is 0 Å². The summed E-state index contributed by atoms with van der Waals surface area (Å²) in [5.74, 6) is 0.514. The lowest BCUT2D eigenvalue weighted by Crippen LogP contribution is -2.13. The first-order valence-corrected chi connectivity index (χ1v) is 7.25. The Morgan fingerprint density at radius 2 is 1.63 bits per heavy atom. The molecular weight excluding hydrogens is 263 g/mol. The number of para-hydroxylation sites is 1. The lowest BCUT2D eigenvalue weighted by molar-refractivity contribution is -0.208. The van der Waals surface area contributed by atoms with Gasteiger partial charge in [0.25, 0.3) is 0 Å². The highest BCUT2D eigenvalue weighted by atomic mass is 31.2. The first-order chi connectivity index (χ1) is 8.98. The third kappa shape index (κ3) is 3.60. The highest BCUT2D eigenvalue weighted by Crippen LogP contribution is 2.41. The average Bonchev–Trinajstić information content (AvgIpc) is 2.35. The molecule has 0 bridgehead atoms. The second kappa shape index (κ2) is 5.47. The van der Waals surface area contributed by atoms with E-state index in [0.29, 0.717) is 0 Å². The summed E-state index contributed by atoms with van der Waals surface area (Å²) in [6.07, 6.45) is 0. The summed E-state index contributed by atoms with van der Waals surface area (Å²) in [4.78, 5) is 11.8. The average molecular weight is 277 g/mol. The number of phosphoric acid groups is 1. The Balaban J connectivity index is 2.17. The van der Waals surface area contributed by atoms with Crippen LogP contribution in [-0.2, 0) is 4.57 Å². The highest BCUT2D eigenvalue weighted by Gasteiger charge is 2.14. The molecule has 0 fully saturated rings. The van der Waals surface area contributed by atoms with Crippen molar-refractivity contribution in [3.8, 4) is 11.5 Å². The molecule has 0 radical (unpaired) electrons. The Morgan fingerprint density at radius 1 is 0.947 bits per heavy atom. The molecule has 0 aliphatic heterocycles. The van der Waals surface area contributed by atoms with Gasteiger partial charge in [-0.25, -0.2) is 4.57 Å². The Morgan fingerprint density at radius 3 is 2.32 bits per heavy atom. The van der Waals surface area contributed by atoms with Gasteiger partial charge >= 0.3 is 7.82 Å². The maximum absolute atomic E-state index is 11.8. The van der Waals surface area contributed by atoms with E-state index in [1.807, 2.05) is 13.0 Å². The van der Waals surface area contributed by atoms with Crippen molar-refractivity contribution < 1.29 is 18.5 Å². The van der Waals surface area contributed by atoms with Crippen molar-refractivity contribution in [3.05, 3.63) is 59.7 Å². The second-order valence-corrected chi connectivity index (χ2v) is 5.40. The van der Waals surface area contributed by atoms with Crippen LogP contribution in [0.5, 0.6) is 11.5 Å². The topological polar surface area (TPSA) is 58.6 Å². The molecule has 0 amide bonds. The van der Waals surface area contributed by atoms with Crippen molar-refractivity contribution in [1.82, 2.24) is 0 Å². The fraction of sp³-hybridized carbons (Fsp3) is 0.143. The third-order valence-corrected chi connectivity index (χ3v) is 3.58. The van der Waals surface area contributed by atoms with E-state index >= 15 is 0 Å². The maximum Gasteiger partial charge on any atom is 0.372 e. The number of benzene rings is 2. The van der Waals surface area contributed by atoms with E-state index in [-0.39, 0.29) is 11.5 Å². The fourth-order valence-corrected chi connectivity index (χ4v) is 2.43. The fourth-order valence-electron chi connectivity index (χ4n) is 1.57. The summed E-state index contributed by atoms with van der Waals surface area (Å²) in [5, 5.41) is 0. The zero-order valence-electron chi connectivity index (χ0n) is 10.7. The predicted octanol–water partition coefficient (Wildman–Crippen LogP) is 3.23. The molecule has 2 rings (SSSR count). The van der Waals surface area contributed by atoms with Crippen LogP contribution in [0.3, 0.4) is 0 Å². The highest BCUT2D eigenvalue weighted by molar-refractivity contribution is 7.46. The molecule has 0 saturated carbocycles. The van der Waals surface area contributed by atoms with E-state index in [2.05, 4.69) is 0 Å². The van der Waals surface area contributed by atoms with E-state index in [4.69, 9.17) is 9.05 Å². The minimum Gasteiger partial charge on any atom is -0.736 e. The normalized spacial score (nSPS) is 13.6. The van der Waals surface area contributed by atoms with E-state index < -0.39 is 7.82 Å². The molecule has 1 unspecified atom stereocenters. The Hall–Kier alpha value is -1.77. The zero-order valence-corrected chi connectivity index (χ0v) is 11.6. The van der Waals surface area contributed by atoms with Gasteiger partial charge < -0.3 is 13.9 Å². The van der Waals surface area contributed by atoms with Crippen LogP contribution in [0.25, 0.3) is 0 Å². The lowest BCUT2D eigenvalue weighted by Gasteiger charge is -2.24. The predicted molar refractivity (Wildman–Crippen MR) is 71.2 cm³/mol. The quantitative estimate of drug-likeness (QED) is 0.805. The van der Waals surface area contributed by atoms with Gasteiger partial charge in [0.05, 0.1) is 0 Å². The van der Waals surface area contributed by atoms with Gasteiger partial charge in [0.15, 0.2) is 0 Å². The first kappa shape index (κ1) is 13.7. The van der Waals surface area contributed by atoms with Gasteiger partial charge in [-0.1, -0.05) is 30.3 Å². The summed E-state index contributed by atoms with van der Waals surface area (Å²) in [6.45, 7) is 3.68. The molecule has 0 aliphatic rings.